The van der Waals surface area contributed by atoms with Gasteiger partial charge in [-0.3, -0.25) is 0 Å². The van der Waals surface area contributed by atoms with Crippen molar-refractivity contribution in [2.24, 2.45) is 0 Å². The average molecular weight is 276 g/mol. The van der Waals surface area contributed by atoms with Crippen molar-refractivity contribution < 1.29 is 22.0 Å². The van der Waals surface area contributed by atoms with E-state index in [0.717, 1.165) is 6.07 Å². The van der Waals surface area contributed by atoms with E-state index in [1.807, 2.05) is 0 Å². The minimum Gasteiger partial charge on any atom is -0.236 e. The molecule has 0 aliphatic heterocycles. The Morgan fingerprint density at radius 2 is 1.79 bits per heavy atom. The number of aromatic nitrogens is 1. The van der Waals surface area contributed by atoms with E-state index in [1.54, 1.807) is 0 Å². The van der Waals surface area contributed by atoms with Gasteiger partial charge in [0.1, 0.15) is 10.3 Å². The van der Waals surface area contributed by atoms with Crippen LogP contribution >= 0.6 is 15.9 Å². The van der Waals surface area contributed by atoms with Gasteiger partial charge in [0.2, 0.25) is 0 Å². The van der Waals surface area contributed by atoms with Crippen LogP contribution in [0, 0.1) is 0 Å². The molecule has 0 bridgehead atoms. The molecule has 0 aliphatic rings. The Bertz CT molecular complexity index is 335. The highest BCUT2D eigenvalue weighted by Crippen LogP contribution is 2.31. The van der Waals surface area contributed by atoms with Gasteiger partial charge in [-0.05, 0) is 28.1 Å². The van der Waals surface area contributed by atoms with Crippen LogP contribution in [-0.2, 0) is 6.18 Å². The number of hydrogen-bond acceptors (Lipinski definition) is 1. The first-order valence-corrected chi connectivity index (χ1v) is 4.13. The summed E-state index contributed by atoms with van der Waals surface area (Å²) in [5.41, 5.74) is -2.04. The number of pyridine rings is 1. The molecule has 0 atom stereocenters. The fourth-order valence-electron chi connectivity index (χ4n) is 0.788. The summed E-state index contributed by atoms with van der Waals surface area (Å²) in [6, 6.07) is 1.18. The van der Waals surface area contributed by atoms with Crippen LogP contribution in [0.3, 0.4) is 0 Å². The molecule has 1 rings (SSSR count). The van der Waals surface area contributed by atoms with Gasteiger partial charge >= 0.3 is 6.18 Å². The van der Waals surface area contributed by atoms with E-state index >= 15 is 0 Å². The first kappa shape index (κ1) is 11.4. The monoisotopic (exact) mass is 275 g/mol. The molecule has 1 nitrogen and oxygen atoms in total. The molecule has 0 N–H and O–H groups in total. The van der Waals surface area contributed by atoms with E-state index in [2.05, 4.69) is 20.9 Å². The largest absolute Gasteiger partial charge is 0.433 e. The number of alkyl halides is 5. The number of halogens is 6. The standard InChI is InChI=1S/C7H3BrF5N/c8-5-2-3(6(9)10)1-4(14-5)7(11,12)13/h1-2,6H. The summed E-state index contributed by atoms with van der Waals surface area (Å²) >= 11 is 2.63. The van der Waals surface area contributed by atoms with Crippen molar-refractivity contribution in [3.05, 3.63) is 28.0 Å². The van der Waals surface area contributed by atoms with E-state index in [-0.39, 0.29) is 4.60 Å². The smallest absolute Gasteiger partial charge is 0.236 e. The van der Waals surface area contributed by atoms with Crippen LogP contribution in [0.5, 0.6) is 0 Å². The highest BCUT2D eigenvalue weighted by molar-refractivity contribution is 9.10. The van der Waals surface area contributed by atoms with E-state index in [0.29, 0.717) is 6.07 Å². The highest BCUT2D eigenvalue weighted by atomic mass is 79.9. The molecule has 1 aromatic heterocycles. The van der Waals surface area contributed by atoms with Crippen molar-refractivity contribution >= 4 is 15.9 Å². The summed E-state index contributed by atoms with van der Waals surface area (Å²) in [6.45, 7) is 0. The van der Waals surface area contributed by atoms with E-state index in [1.165, 1.54) is 0 Å². The van der Waals surface area contributed by atoms with Crippen LogP contribution in [0.4, 0.5) is 22.0 Å². The van der Waals surface area contributed by atoms with Gasteiger partial charge in [0.25, 0.3) is 6.43 Å². The minimum absolute atomic E-state index is 0.261. The van der Waals surface area contributed by atoms with Crippen LogP contribution in [0.2, 0.25) is 0 Å². The maximum absolute atomic E-state index is 12.1. The van der Waals surface area contributed by atoms with E-state index in [4.69, 9.17) is 0 Å². The molecule has 0 fully saturated rings. The first-order chi connectivity index (χ1) is 6.30. The molecule has 7 heteroatoms. The highest BCUT2D eigenvalue weighted by Gasteiger charge is 2.33. The van der Waals surface area contributed by atoms with Crippen LogP contribution in [0.15, 0.2) is 16.7 Å². The lowest BCUT2D eigenvalue weighted by Crippen LogP contribution is -2.09. The van der Waals surface area contributed by atoms with Crippen molar-refractivity contribution in [1.29, 1.82) is 0 Å². The summed E-state index contributed by atoms with van der Waals surface area (Å²) in [6.07, 6.45) is -7.66. The zero-order valence-corrected chi connectivity index (χ0v) is 8.03. The fraction of sp³-hybridized carbons (Fsp3) is 0.286. The second-order valence-corrected chi connectivity index (χ2v) is 3.22. The van der Waals surface area contributed by atoms with Crippen LogP contribution in [0.25, 0.3) is 0 Å². The lowest BCUT2D eigenvalue weighted by molar-refractivity contribution is -0.141. The van der Waals surface area contributed by atoms with Gasteiger partial charge in [0.05, 0.1) is 0 Å². The molecule has 0 saturated carbocycles. The summed E-state index contributed by atoms with van der Waals surface area (Å²) in [4.78, 5) is 3.05. The lowest BCUT2D eigenvalue weighted by atomic mass is 10.2. The molecule has 0 unspecified atom stereocenters. The van der Waals surface area contributed by atoms with Crippen molar-refractivity contribution in [3.8, 4) is 0 Å². The summed E-state index contributed by atoms with van der Waals surface area (Å²) in [5, 5.41) is 0. The number of hydrogen-bond donors (Lipinski definition) is 0. The Balaban J connectivity index is 3.21. The van der Waals surface area contributed by atoms with Crippen molar-refractivity contribution in [2.75, 3.05) is 0 Å². The molecular formula is C7H3BrF5N. The summed E-state index contributed by atoms with van der Waals surface area (Å²) in [5.74, 6) is 0. The SMILES string of the molecule is FC(F)c1cc(Br)nc(C(F)(F)F)c1. The predicted molar refractivity (Wildman–Crippen MR) is 41.9 cm³/mol. The van der Waals surface area contributed by atoms with Crippen molar-refractivity contribution in [2.45, 2.75) is 12.6 Å². The molecule has 14 heavy (non-hydrogen) atoms. The second-order valence-electron chi connectivity index (χ2n) is 2.41. The normalized spacial score (nSPS) is 12.2. The van der Waals surface area contributed by atoms with Crippen molar-refractivity contribution in [3.63, 3.8) is 0 Å². The van der Waals surface area contributed by atoms with Crippen LogP contribution in [-0.4, -0.2) is 4.98 Å². The third-order valence-corrected chi connectivity index (χ3v) is 1.77. The van der Waals surface area contributed by atoms with Gasteiger partial charge in [-0.15, -0.1) is 0 Å². The zero-order chi connectivity index (χ0) is 10.9. The Morgan fingerprint density at radius 1 is 1.21 bits per heavy atom. The van der Waals surface area contributed by atoms with E-state index in [9.17, 15) is 22.0 Å². The maximum Gasteiger partial charge on any atom is 0.433 e. The Labute approximate surface area is 84.1 Å². The fourth-order valence-corrected chi connectivity index (χ4v) is 1.24. The van der Waals surface area contributed by atoms with Gasteiger partial charge in [-0.25, -0.2) is 13.8 Å². The van der Waals surface area contributed by atoms with Crippen LogP contribution in [0.1, 0.15) is 17.7 Å². The van der Waals surface area contributed by atoms with Gasteiger partial charge in [0.15, 0.2) is 0 Å². The molecule has 1 aromatic rings. The van der Waals surface area contributed by atoms with Gasteiger partial charge in [-0.1, -0.05) is 0 Å². The quantitative estimate of drug-likeness (QED) is 0.561. The second kappa shape index (κ2) is 3.80. The molecular weight excluding hydrogens is 273 g/mol. The zero-order valence-electron chi connectivity index (χ0n) is 6.45. The lowest BCUT2D eigenvalue weighted by Gasteiger charge is -2.08. The van der Waals surface area contributed by atoms with E-state index < -0.39 is 23.9 Å². The Kier molecular flexibility index (Phi) is 3.08. The van der Waals surface area contributed by atoms with Crippen molar-refractivity contribution in [1.82, 2.24) is 4.98 Å². The van der Waals surface area contributed by atoms with Gasteiger partial charge in [-0.2, -0.15) is 13.2 Å². The molecule has 78 valence electrons. The molecule has 0 saturated heterocycles. The minimum atomic E-state index is -4.71. The molecule has 0 aliphatic carbocycles. The Hall–Kier alpha value is -0.720. The predicted octanol–water partition coefficient (Wildman–Crippen LogP) is 3.80. The molecule has 0 aromatic carbocycles. The third-order valence-electron chi connectivity index (χ3n) is 1.36. The average Bonchev–Trinajstić information content (AvgIpc) is 2.01. The maximum atomic E-state index is 12.1. The summed E-state index contributed by atoms with van der Waals surface area (Å²) in [7, 11) is 0. The molecule has 0 spiro atoms. The first-order valence-electron chi connectivity index (χ1n) is 3.33. The molecule has 0 amide bonds. The summed E-state index contributed by atoms with van der Waals surface area (Å²) < 4.78 is 60.2. The third kappa shape index (κ3) is 2.63. The number of rotatable bonds is 1. The number of nitrogens with zero attached hydrogens (tertiary/aromatic N) is 1. The van der Waals surface area contributed by atoms with Gasteiger partial charge < -0.3 is 0 Å². The Morgan fingerprint density at radius 3 is 2.21 bits per heavy atom. The topological polar surface area (TPSA) is 12.9 Å². The molecule has 1 heterocycles. The van der Waals surface area contributed by atoms with Gasteiger partial charge in [0, 0.05) is 5.56 Å². The molecule has 0 radical (unpaired) electrons. The van der Waals surface area contributed by atoms with Crippen LogP contribution < -0.4 is 0 Å².